The van der Waals surface area contributed by atoms with Gasteiger partial charge in [0, 0.05) is 33.2 Å². The Kier molecular flexibility index (Phi) is 14.7. The summed E-state index contributed by atoms with van der Waals surface area (Å²) in [6, 6.07) is 9.84. The summed E-state index contributed by atoms with van der Waals surface area (Å²) in [4.78, 5) is 20.6. The van der Waals surface area contributed by atoms with Crippen LogP contribution in [0.25, 0.3) is 0 Å². The van der Waals surface area contributed by atoms with Crippen molar-refractivity contribution < 1.29 is 9.53 Å². The fraction of sp³-hybridized carbons (Fsp3) is 0.600. The van der Waals surface area contributed by atoms with Crippen molar-refractivity contribution in [3.63, 3.8) is 0 Å². The van der Waals surface area contributed by atoms with Crippen molar-refractivity contribution >= 4 is 35.8 Å². The number of nitrogens with zero attached hydrogens (tertiary/aromatic N) is 3. The van der Waals surface area contributed by atoms with E-state index in [-0.39, 0.29) is 29.9 Å². The van der Waals surface area contributed by atoms with E-state index in [1.807, 2.05) is 68.0 Å². The number of para-hydroxylation sites is 1. The molecule has 0 aliphatic rings. The molecule has 0 aliphatic heterocycles. The van der Waals surface area contributed by atoms with Gasteiger partial charge < -0.3 is 19.9 Å². The van der Waals surface area contributed by atoms with Crippen LogP contribution in [-0.2, 0) is 4.79 Å². The van der Waals surface area contributed by atoms with Gasteiger partial charge in [-0.05, 0) is 45.7 Å². The number of benzene rings is 1. The van der Waals surface area contributed by atoms with Crippen molar-refractivity contribution in [2.45, 2.75) is 33.6 Å². The molecule has 154 valence electrons. The molecule has 1 N–H and O–H groups in total. The molecule has 0 heterocycles. The van der Waals surface area contributed by atoms with Crippen LogP contribution in [0.5, 0.6) is 5.75 Å². The van der Waals surface area contributed by atoms with E-state index < -0.39 is 0 Å². The Morgan fingerprint density at radius 1 is 1.11 bits per heavy atom. The van der Waals surface area contributed by atoms with Crippen LogP contribution >= 0.6 is 24.0 Å². The molecular weight excluding hydrogens is 455 g/mol. The first-order valence-electron chi connectivity index (χ1n) is 9.57. The van der Waals surface area contributed by atoms with E-state index in [0.29, 0.717) is 19.7 Å². The van der Waals surface area contributed by atoms with Crippen LogP contribution in [0.4, 0.5) is 0 Å². The molecule has 1 aromatic carbocycles. The minimum Gasteiger partial charge on any atom is -0.494 e. The van der Waals surface area contributed by atoms with Crippen molar-refractivity contribution in [3.05, 3.63) is 30.3 Å². The highest BCUT2D eigenvalue weighted by Gasteiger charge is 2.14. The molecule has 1 aromatic rings. The molecule has 7 heteroatoms. The number of nitrogens with one attached hydrogen (secondary N) is 1. The number of likely N-dealkylation sites (N-methyl/N-ethyl adjacent to an activating group) is 2. The largest absolute Gasteiger partial charge is 0.494 e. The van der Waals surface area contributed by atoms with E-state index >= 15 is 0 Å². The van der Waals surface area contributed by atoms with E-state index in [1.165, 1.54) is 0 Å². The Bertz CT molecular complexity index is 536. The molecule has 6 nitrogen and oxygen atoms in total. The molecule has 0 unspecified atom stereocenters. The number of halogens is 1. The van der Waals surface area contributed by atoms with Gasteiger partial charge >= 0.3 is 0 Å². The zero-order chi connectivity index (χ0) is 19.2. The minimum absolute atomic E-state index is 0. The fourth-order valence-corrected chi connectivity index (χ4v) is 2.53. The number of hydrogen-bond acceptors (Lipinski definition) is 3. The third kappa shape index (κ3) is 10.4. The molecule has 27 heavy (non-hydrogen) atoms. The molecule has 0 aliphatic carbocycles. The molecule has 0 atom stereocenters. The molecule has 0 radical (unpaired) electrons. The lowest BCUT2D eigenvalue weighted by atomic mass is 10.3. The molecule has 0 saturated carbocycles. The third-order valence-electron chi connectivity index (χ3n) is 4.01. The molecule has 0 aromatic heterocycles. The van der Waals surface area contributed by atoms with Gasteiger partial charge in [-0.25, -0.2) is 0 Å². The van der Waals surface area contributed by atoms with E-state index in [0.717, 1.165) is 44.2 Å². The Balaban J connectivity index is 0.00000676. The first kappa shape index (κ1) is 25.5. The first-order valence-corrected chi connectivity index (χ1v) is 9.57. The Hall–Kier alpha value is -1.51. The number of carbonyl (C=O) groups excluding carboxylic acids is 1. The molecule has 0 spiro atoms. The van der Waals surface area contributed by atoms with Gasteiger partial charge in [-0.1, -0.05) is 18.2 Å². The second-order valence-electron chi connectivity index (χ2n) is 6.03. The summed E-state index contributed by atoms with van der Waals surface area (Å²) in [6.07, 6.45) is 1.89. The third-order valence-corrected chi connectivity index (χ3v) is 4.01. The number of guanidine groups is 1. The van der Waals surface area contributed by atoms with E-state index in [1.54, 1.807) is 0 Å². The van der Waals surface area contributed by atoms with Crippen LogP contribution in [-0.4, -0.2) is 68.0 Å². The highest BCUT2D eigenvalue weighted by Crippen LogP contribution is 2.08. The standard InChI is InChI=1S/C20H34N4O2.HI/c1-5-21-20(23(4)17-19(25)24(6-2)7-3)22-15-11-12-16-26-18-13-9-8-10-14-18;/h8-10,13-14H,5-7,11-12,15-17H2,1-4H3,(H,21,22);1H. The molecule has 0 saturated heterocycles. The van der Waals surface area contributed by atoms with Crippen LogP contribution in [0.2, 0.25) is 0 Å². The summed E-state index contributed by atoms with van der Waals surface area (Å²) >= 11 is 0. The SMILES string of the molecule is CCNC(=NCCCCOc1ccccc1)N(C)CC(=O)N(CC)CC.I. The lowest BCUT2D eigenvalue weighted by Gasteiger charge is -2.25. The van der Waals surface area contributed by atoms with Crippen LogP contribution in [0.1, 0.15) is 33.6 Å². The van der Waals surface area contributed by atoms with Crippen LogP contribution in [0.3, 0.4) is 0 Å². The van der Waals surface area contributed by atoms with E-state index in [9.17, 15) is 4.79 Å². The Morgan fingerprint density at radius 2 is 1.78 bits per heavy atom. The number of unbranched alkanes of at least 4 members (excludes halogenated alkanes) is 1. The predicted octanol–water partition coefficient (Wildman–Crippen LogP) is 3.23. The van der Waals surface area contributed by atoms with E-state index in [4.69, 9.17) is 4.74 Å². The second kappa shape index (κ2) is 15.5. The van der Waals surface area contributed by atoms with Crippen molar-refractivity contribution in [3.8, 4) is 5.75 Å². The topological polar surface area (TPSA) is 57.2 Å². The summed E-state index contributed by atoms with van der Waals surface area (Å²) in [5.74, 6) is 1.80. The van der Waals surface area contributed by atoms with Crippen LogP contribution in [0, 0.1) is 0 Å². The zero-order valence-electron chi connectivity index (χ0n) is 17.1. The molecular formula is C20H35IN4O2. The van der Waals surface area contributed by atoms with Gasteiger partial charge in [0.25, 0.3) is 0 Å². The van der Waals surface area contributed by atoms with Crippen molar-refractivity contribution in [1.29, 1.82) is 0 Å². The molecule has 1 amide bonds. The Labute approximate surface area is 181 Å². The van der Waals surface area contributed by atoms with E-state index in [2.05, 4.69) is 10.3 Å². The highest BCUT2D eigenvalue weighted by atomic mass is 127. The number of ether oxygens (including phenoxy) is 1. The average molecular weight is 490 g/mol. The highest BCUT2D eigenvalue weighted by molar-refractivity contribution is 14.0. The van der Waals surface area contributed by atoms with Gasteiger partial charge in [0.1, 0.15) is 5.75 Å². The van der Waals surface area contributed by atoms with Gasteiger partial charge in [-0.3, -0.25) is 9.79 Å². The molecule has 1 rings (SSSR count). The number of aliphatic imine (C=N–C) groups is 1. The summed E-state index contributed by atoms with van der Waals surface area (Å²) in [7, 11) is 1.90. The number of amides is 1. The summed E-state index contributed by atoms with van der Waals surface area (Å²) < 4.78 is 5.69. The van der Waals surface area contributed by atoms with Gasteiger partial charge in [-0.2, -0.15) is 0 Å². The lowest BCUT2D eigenvalue weighted by molar-refractivity contribution is -0.131. The van der Waals surface area contributed by atoms with Gasteiger partial charge in [-0.15, -0.1) is 24.0 Å². The Morgan fingerprint density at radius 3 is 2.37 bits per heavy atom. The summed E-state index contributed by atoms with van der Waals surface area (Å²) in [5, 5.41) is 3.25. The van der Waals surface area contributed by atoms with Crippen molar-refractivity contribution in [2.24, 2.45) is 4.99 Å². The smallest absolute Gasteiger partial charge is 0.242 e. The van der Waals surface area contributed by atoms with Crippen LogP contribution < -0.4 is 10.1 Å². The fourth-order valence-electron chi connectivity index (χ4n) is 2.53. The summed E-state index contributed by atoms with van der Waals surface area (Å²) in [6.45, 7) is 10.0. The monoisotopic (exact) mass is 490 g/mol. The lowest BCUT2D eigenvalue weighted by Crippen LogP contribution is -2.45. The maximum Gasteiger partial charge on any atom is 0.242 e. The predicted molar refractivity (Wildman–Crippen MR) is 123 cm³/mol. The van der Waals surface area contributed by atoms with Gasteiger partial charge in [0.05, 0.1) is 13.2 Å². The maximum atomic E-state index is 12.3. The van der Waals surface area contributed by atoms with Crippen molar-refractivity contribution in [2.75, 3.05) is 46.4 Å². The van der Waals surface area contributed by atoms with Gasteiger partial charge in [0.2, 0.25) is 5.91 Å². The van der Waals surface area contributed by atoms with Crippen LogP contribution in [0.15, 0.2) is 35.3 Å². The normalized spacial score (nSPS) is 10.7. The maximum absolute atomic E-state index is 12.3. The quantitative estimate of drug-likeness (QED) is 0.224. The second-order valence-corrected chi connectivity index (χ2v) is 6.03. The zero-order valence-corrected chi connectivity index (χ0v) is 19.4. The van der Waals surface area contributed by atoms with Crippen molar-refractivity contribution in [1.82, 2.24) is 15.1 Å². The average Bonchev–Trinajstić information content (AvgIpc) is 2.65. The van der Waals surface area contributed by atoms with Gasteiger partial charge in [0.15, 0.2) is 5.96 Å². The molecule has 0 bridgehead atoms. The number of hydrogen-bond donors (Lipinski definition) is 1. The summed E-state index contributed by atoms with van der Waals surface area (Å²) in [5.41, 5.74) is 0. The first-order chi connectivity index (χ1) is 12.6. The number of carbonyl (C=O) groups is 1. The minimum atomic E-state index is 0. The number of rotatable bonds is 11. The molecule has 0 fully saturated rings.